The molecule has 0 bridgehead atoms. The van der Waals surface area contributed by atoms with Crippen molar-refractivity contribution in [1.29, 1.82) is 0 Å². The van der Waals surface area contributed by atoms with E-state index < -0.39 is 11.6 Å². The van der Waals surface area contributed by atoms with Gasteiger partial charge in [0, 0.05) is 31.3 Å². The maximum Gasteiger partial charge on any atom is 0.148 e. The van der Waals surface area contributed by atoms with Crippen LogP contribution in [-0.2, 0) is 4.74 Å². The van der Waals surface area contributed by atoms with E-state index in [0.29, 0.717) is 13.2 Å². The molecule has 0 atom stereocenters. The first-order chi connectivity index (χ1) is 7.74. The SMILES string of the molecule is Fc1cc(F)cc(OC[C]2CNCCO2)c1. The van der Waals surface area contributed by atoms with E-state index in [4.69, 9.17) is 9.47 Å². The van der Waals surface area contributed by atoms with E-state index in [2.05, 4.69) is 5.32 Å². The average molecular weight is 228 g/mol. The fourth-order valence-electron chi connectivity index (χ4n) is 1.41. The Morgan fingerprint density at radius 1 is 1.25 bits per heavy atom. The molecule has 1 aromatic rings. The van der Waals surface area contributed by atoms with Crippen molar-refractivity contribution in [2.75, 3.05) is 26.3 Å². The van der Waals surface area contributed by atoms with Gasteiger partial charge >= 0.3 is 0 Å². The van der Waals surface area contributed by atoms with E-state index in [1.165, 1.54) is 0 Å². The minimum Gasteiger partial charge on any atom is -0.490 e. The predicted molar refractivity (Wildman–Crippen MR) is 53.9 cm³/mol. The summed E-state index contributed by atoms with van der Waals surface area (Å²) in [5.41, 5.74) is 0. The molecule has 1 aromatic carbocycles. The fraction of sp³-hybridized carbons (Fsp3) is 0.364. The zero-order valence-corrected chi connectivity index (χ0v) is 8.63. The summed E-state index contributed by atoms with van der Waals surface area (Å²) in [5, 5.41) is 3.10. The van der Waals surface area contributed by atoms with E-state index in [0.717, 1.165) is 30.8 Å². The van der Waals surface area contributed by atoms with Crippen LogP contribution >= 0.6 is 0 Å². The van der Waals surface area contributed by atoms with E-state index in [1.807, 2.05) is 0 Å². The lowest BCUT2D eigenvalue weighted by Crippen LogP contribution is -2.36. The molecule has 1 radical (unpaired) electrons. The van der Waals surface area contributed by atoms with Crippen LogP contribution in [0.5, 0.6) is 5.75 Å². The highest BCUT2D eigenvalue weighted by Gasteiger charge is 2.15. The zero-order valence-electron chi connectivity index (χ0n) is 8.63. The molecule has 5 heteroatoms. The lowest BCUT2D eigenvalue weighted by atomic mass is 10.3. The van der Waals surface area contributed by atoms with Crippen LogP contribution in [0, 0.1) is 17.7 Å². The molecule has 0 unspecified atom stereocenters. The first kappa shape index (κ1) is 11.3. The standard InChI is InChI=1S/C11H12F2NO2/c12-8-3-9(13)5-10(4-8)16-7-11-6-14-1-2-15-11/h3-5,14H,1-2,6-7H2. The van der Waals surface area contributed by atoms with Crippen molar-refractivity contribution in [3.05, 3.63) is 35.9 Å². The fourth-order valence-corrected chi connectivity index (χ4v) is 1.41. The molecule has 16 heavy (non-hydrogen) atoms. The number of ether oxygens (including phenoxy) is 2. The third kappa shape index (κ3) is 3.15. The van der Waals surface area contributed by atoms with Gasteiger partial charge in [0.15, 0.2) is 0 Å². The van der Waals surface area contributed by atoms with Gasteiger partial charge < -0.3 is 14.8 Å². The van der Waals surface area contributed by atoms with E-state index in [-0.39, 0.29) is 12.4 Å². The van der Waals surface area contributed by atoms with Crippen molar-refractivity contribution < 1.29 is 18.3 Å². The molecule has 2 rings (SSSR count). The molecule has 1 fully saturated rings. The van der Waals surface area contributed by atoms with Gasteiger partial charge in [-0.1, -0.05) is 0 Å². The average Bonchev–Trinajstić information content (AvgIpc) is 2.27. The number of halogens is 2. The summed E-state index contributed by atoms with van der Waals surface area (Å²) in [7, 11) is 0. The number of rotatable bonds is 3. The Balaban J connectivity index is 1.88. The van der Waals surface area contributed by atoms with Gasteiger partial charge in [0.05, 0.1) is 6.61 Å². The second-order valence-electron chi connectivity index (χ2n) is 3.46. The quantitative estimate of drug-likeness (QED) is 0.850. The summed E-state index contributed by atoms with van der Waals surface area (Å²) in [6.45, 7) is 2.21. The van der Waals surface area contributed by atoms with Crippen molar-refractivity contribution in [2.24, 2.45) is 0 Å². The van der Waals surface area contributed by atoms with Crippen LogP contribution in [0.25, 0.3) is 0 Å². The van der Waals surface area contributed by atoms with Crippen molar-refractivity contribution in [3.63, 3.8) is 0 Å². The van der Waals surface area contributed by atoms with Crippen LogP contribution in [0.2, 0.25) is 0 Å². The monoisotopic (exact) mass is 228 g/mol. The zero-order chi connectivity index (χ0) is 11.4. The van der Waals surface area contributed by atoms with Crippen molar-refractivity contribution in [2.45, 2.75) is 0 Å². The van der Waals surface area contributed by atoms with Crippen molar-refractivity contribution in [3.8, 4) is 5.75 Å². The van der Waals surface area contributed by atoms with Crippen LogP contribution < -0.4 is 10.1 Å². The Kier molecular flexibility index (Phi) is 3.69. The highest BCUT2D eigenvalue weighted by molar-refractivity contribution is 5.24. The molecule has 0 aliphatic carbocycles. The molecule has 3 nitrogen and oxygen atoms in total. The predicted octanol–water partition coefficient (Wildman–Crippen LogP) is 1.50. The van der Waals surface area contributed by atoms with Crippen LogP contribution in [-0.4, -0.2) is 26.3 Å². The molecule has 0 aromatic heterocycles. The minimum absolute atomic E-state index is 0.166. The molecular formula is C11H12F2NO2. The number of morpholine rings is 1. The van der Waals surface area contributed by atoms with E-state index in [1.54, 1.807) is 0 Å². The maximum atomic E-state index is 12.8. The summed E-state index contributed by atoms with van der Waals surface area (Å²) >= 11 is 0. The Bertz CT molecular complexity index is 334. The van der Waals surface area contributed by atoms with Crippen LogP contribution in [0.15, 0.2) is 18.2 Å². The van der Waals surface area contributed by atoms with Gasteiger partial charge in [-0.15, -0.1) is 0 Å². The second kappa shape index (κ2) is 5.23. The largest absolute Gasteiger partial charge is 0.490 e. The molecule has 1 aliphatic heterocycles. The third-order valence-corrected chi connectivity index (χ3v) is 2.14. The Labute approximate surface area is 92.4 Å². The number of nitrogens with one attached hydrogen (secondary N) is 1. The summed E-state index contributed by atoms with van der Waals surface area (Å²) in [6, 6.07) is 3.08. The molecular weight excluding hydrogens is 216 g/mol. The highest BCUT2D eigenvalue weighted by Crippen LogP contribution is 2.17. The number of hydrogen-bond donors (Lipinski definition) is 1. The Hall–Kier alpha value is -1.20. The summed E-state index contributed by atoms with van der Waals surface area (Å²) in [6.07, 6.45) is 0.732. The topological polar surface area (TPSA) is 30.5 Å². The maximum absolute atomic E-state index is 12.8. The van der Waals surface area contributed by atoms with Crippen LogP contribution in [0.3, 0.4) is 0 Å². The second-order valence-corrected chi connectivity index (χ2v) is 3.46. The smallest absolute Gasteiger partial charge is 0.148 e. The Morgan fingerprint density at radius 3 is 2.62 bits per heavy atom. The molecule has 1 heterocycles. The first-order valence-corrected chi connectivity index (χ1v) is 5.01. The van der Waals surface area contributed by atoms with Gasteiger partial charge in [-0.05, 0) is 0 Å². The molecule has 0 amide bonds. The number of hydrogen-bond acceptors (Lipinski definition) is 3. The third-order valence-electron chi connectivity index (χ3n) is 2.14. The normalized spacial score (nSPS) is 17.4. The molecule has 0 saturated carbocycles. The molecule has 87 valence electrons. The highest BCUT2D eigenvalue weighted by atomic mass is 19.1. The van der Waals surface area contributed by atoms with E-state index in [9.17, 15) is 8.78 Å². The summed E-state index contributed by atoms with van der Waals surface area (Å²) in [5.74, 6) is -1.13. The number of benzene rings is 1. The van der Waals surface area contributed by atoms with Gasteiger partial charge in [0.2, 0.25) is 0 Å². The molecule has 1 N–H and O–H groups in total. The van der Waals surface area contributed by atoms with Crippen molar-refractivity contribution >= 4 is 0 Å². The van der Waals surface area contributed by atoms with E-state index >= 15 is 0 Å². The van der Waals surface area contributed by atoms with Gasteiger partial charge in [-0.3, -0.25) is 0 Å². The van der Waals surface area contributed by atoms with Gasteiger partial charge in [-0.2, -0.15) is 0 Å². The summed E-state index contributed by atoms with van der Waals surface area (Å²) in [4.78, 5) is 0. The van der Waals surface area contributed by atoms with Gasteiger partial charge in [0.25, 0.3) is 0 Å². The Morgan fingerprint density at radius 2 is 2.00 bits per heavy atom. The molecule has 1 saturated heterocycles. The minimum atomic E-state index is -0.650. The van der Waals surface area contributed by atoms with Crippen LogP contribution in [0.4, 0.5) is 8.78 Å². The van der Waals surface area contributed by atoms with Gasteiger partial charge in [0.1, 0.15) is 30.1 Å². The van der Waals surface area contributed by atoms with Crippen molar-refractivity contribution in [1.82, 2.24) is 5.32 Å². The van der Waals surface area contributed by atoms with Gasteiger partial charge in [-0.25, -0.2) is 8.78 Å². The van der Waals surface area contributed by atoms with Crippen LogP contribution in [0.1, 0.15) is 0 Å². The summed E-state index contributed by atoms with van der Waals surface area (Å²) < 4.78 is 36.2. The molecule has 0 spiro atoms. The lowest BCUT2D eigenvalue weighted by molar-refractivity contribution is 0.0783. The molecule has 1 aliphatic rings. The first-order valence-electron chi connectivity index (χ1n) is 5.01. The lowest BCUT2D eigenvalue weighted by Gasteiger charge is -2.22.